The number of phenolic OH excluding ortho intramolecular Hbond substituents is 1. The number of halogens is 2. The van der Waals surface area contributed by atoms with Crippen molar-refractivity contribution in [2.24, 2.45) is 23.7 Å². The molecule has 0 spiro atoms. The van der Waals surface area contributed by atoms with E-state index in [0.717, 1.165) is 16.4 Å². The fourth-order valence-electron chi connectivity index (χ4n) is 9.55. The number of hydrogen-bond donors (Lipinski definition) is 3. The highest BCUT2D eigenvalue weighted by Crippen LogP contribution is 2.65. The van der Waals surface area contributed by atoms with Gasteiger partial charge in [0.25, 0.3) is 11.8 Å². The molecule has 2 aliphatic heterocycles. The first-order valence-corrected chi connectivity index (χ1v) is 18.9. The average Bonchev–Trinajstić information content (AvgIpc) is 3.58. The van der Waals surface area contributed by atoms with Gasteiger partial charge in [0, 0.05) is 27.9 Å². The largest absolute Gasteiger partial charge is 0.507 e. The predicted octanol–water partition coefficient (Wildman–Crippen LogP) is 8.43. The minimum Gasteiger partial charge on any atom is -0.507 e. The molecule has 280 valence electrons. The van der Waals surface area contributed by atoms with Crippen LogP contribution in [0.25, 0.3) is 0 Å². The summed E-state index contributed by atoms with van der Waals surface area (Å²) in [7, 11) is 0. The Hall–Kier alpha value is -6.26. The molecule has 0 radical (unpaired) electrons. The summed E-state index contributed by atoms with van der Waals surface area (Å²) in [5.74, 6) is -6.37. The van der Waals surface area contributed by atoms with Crippen molar-refractivity contribution in [2.75, 3.05) is 15.6 Å². The molecule has 0 bridgehead atoms. The zero-order valence-electron chi connectivity index (χ0n) is 30.2. The molecule has 6 atom stereocenters. The summed E-state index contributed by atoms with van der Waals surface area (Å²) in [6, 6.07) is 34.2. The fourth-order valence-corrected chi connectivity index (χ4v) is 9.68. The minimum atomic E-state index is -1.60. The molecule has 4 amide bonds. The predicted molar refractivity (Wildman–Crippen MR) is 211 cm³/mol. The Bertz CT molecular complexity index is 2440. The Labute approximate surface area is 327 Å². The van der Waals surface area contributed by atoms with E-state index >= 15 is 4.79 Å². The van der Waals surface area contributed by atoms with Crippen molar-refractivity contribution in [3.8, 4) is 5.75 Å². The average molecular weight is 767 g/mol. The second-order valence-corrected chi connectivity index (χ2v) is 15.4. The van der Waals surface area contributed by atoms with E-state index in [1.54, 1.807) is 61.5 Å². The summed E-state index contributed by atoms with van der Waals surface area (Å²) in [4.78, 5) is 60.3. The number of anilines is 4. The number of hydrogen-bond acceptors (Lipinski definition) is 7. The van der Waals surface area contributed by atoms with Crippen molar-refractivity contribution in [3.05, 3.63) is 161 Å². The molecular weight excluding hydrogens is 731 g/mol. The maximum Gasteiger partial charge on any atom is 0.260 e. The number of benzene rings is 5. The van der Waals surface area contributed by atoms with Crippen molar-refractivity contribution >= 4 is 58.0 Å². The first-order chi connectivity index (χ1) is 27.1. The van der Waals surface area contributed by atoms with Crippen LogP contribution in [0.4, 0.5) is 27.1 Å². The zero-order chi connectivity index (χ0) is 38.9. The Morgan fingerprint density at radius 2 is 1.43 bits per heavy atom. The van der Waals surface area contributed by atoms with Crippen LogP contribution in [0.3, 0.4) is 0 Å². The van der Waals surface area contributed by atoms with Crippen LogP contribution in [0.1, 0.15) is 35.4 Å². The number of phenols is 1. The van der Waals surface area contributed by atoms with Gasteiger partial charge in [-0.15, -0.1) is 0 Å². The molecule has 5 aromatic carbocycles. The van der Waals surface area contributed by atoms with Gasteiger partial charge in [0.1, 0.15) is 11.6 Å². The number of aromatic hydroxyl groups is 1. The molecule has 5 aromatic rings. The molecule has 3 N–H and O–H groups in total. The van der Waals surface area contributed by atoms with Gasteiger partial charge in [-0.05, 0) is 110 Å². The molecule has 4 aliphatic rings. The SMILES string of the molecule is Cc1cccc([C@H]2C3=CC[C@@H]4C(=O)N(c5ccc(Nc6ccccc6)cc5)C(=O)[C@@H]4[C@@H]3C[C@H]3C(=O)N(Nc4ccc(F)cc4)C(=O)[C@@]23c2ccc(Cl)cc2)c1O. The Morgan fingerprint density at radius 3 is 2.14 bits per heavy atom. The first-order valence-electron chi connectivity index (χ1n) is 18.5. The van der Waals surface area contributed by atoms with E-state index in [1.165, 1.54) is 29.2 Å². The third-order valence-electron chi connectivity index (χ3n) is 12.0. The number of carbonyl (C=O) groups is 4. The van der Waals surface area contributed by atoms with Crippen LogP contribution in [0.2, 0.25) is 5.02 Å². The van der Waals surface area contributed by atoms with Gasteiger partial charge < -0.3 is 10.4 Å². The summed E-state index contributed by atoms with van der Waals surface area (Å²) in [6.07, 6.45) is 2.26. The van der Waals surface area contributed by atoms with Crippen molar-refractivity contribution in [2.45, 2.75) is 31.1 Å². The second-order valence-electron chi connectivity index (χ2n) is 14.9. The standard InChI is InChI=1S/C45H36ClFN4O5/c1-25-6-5-9-35(40(25)52)39-33-22-23-34-38(43(55)50(41(34)53)32-20-18-30(19-21-32)48-29-7-3-2-4-8-29)36(33)24-37-42(54)51(49-31-16-14-28(47)15-17-31)44(56)45(37,39)26-10-12-27(46)13-11-26/h2-22,34,36-39,48-49,52H,23-24H2,1H3/t34-,36+,37-,38-,39+,45+/m0/s1. The number of nitrogens with one attached hydrogen (secondary N) is 2. The fraction of sp³-hybridized carbons (Fsp3) is 0.200. The highest BCUT2D eigenvalue weighted by molar-refractivity contribution is 6.30. The van der Waals surface area contributed by atoms with Crippen LogP contribution >= 0.6 is 11.6 Å². The van der Waals surface area contributed by atoms with Gasteiger partial charge in [0.05, 0.1) is 34.5 Å². The minimum absolute atomic E-state index is 0.0295. The van der Waals surface area contributed by atoms with Crippen LogP contribution in [-0.4, -0.2) is 33.7 Å². The molecule has 56 heavy (non-hydrogen) atoms. The van der Waals surface area contributed by atoms with Gasteiger partial charge in [-0.2, -0.15) is 5.01 Å². The van der Waals surface area contributed by atoms with E-state index in [4.69, 9.17) is 11.6 Å². The second kappa shape index (κ2) is 13.5. The number of aryl methyl sites for hydroxylation is 1. The lowest BCUT2D eigenvalue weighted by Gasteiger charge is -2.50. The molecule has 9 nitrogen and oxygen atoms in total. The summed E-state index contributed by atoms with van der Waals surface area (Å²) < 4.78 is 13.9. The summed E-state index contributed by atoms with van der Waals surface area (Å²) >= 11 is 6.38. The molecule has 2 heterocycles. The van der Waals surface area contributed by atoms with E-state index in [0.29, 0.717) is 38.7 Å². The maximum absolute atomic E-state index is 15.3. The van der Waals surface area contributed by atoms with Gasteiger partial charge in [0.15, 0.2) is 0 Å². The number of fused-ring (bicyclic) bond motifs is 4. The van der Waals surface area contributed by atoms with E-state index in [1.807, 2.05) is 48.5 Å². The summed E-state index contributed by atoms with van der Waals surface area (Å²) in [5, 5.41) is 16.5. The highest BCUT2D eigenvalue weighted by Gasteiger charge is 2.70. The smallest absolute Gasteiger partial charge is 0.260 e. The number of para-hydroxylation sites is 2. The number of nitrogens with zero attached hydrogens (tertiary/aromatic N) is 2. The van der Waals surface area contributed by atoms with E-state index in [2.05, 4.69) is 10.7 Å². The lowest BCUT2D eigenvalue weighted by Crippen LogP contribution is -2.53. The summed E-state index contributed by atoms with van der Waals surface area (Å²) in [5.41, 5.74) is 6.03. The highest BCUT2D eigenvalue weighted by atomic mass is 35.5. The third kappa shape index (κ3) is 5.42. The van der Waals surface area contributed by atoms with Crippen molar-refractivity contribution < 1.29 is 28.7 Å². The monoisotopic (exact) mass is 766 g/mol. The maximum atomic E-state index is 15.3. The van der Waals surface area contributed by atoms with Crippen molar-refractivity contribution in [3.63, 3.8) is 0 Å². The molecule has 0 unspecified atom stereocenters. The normalized spacial score (nSPS) is 25.4. The topological polar surface area (TPSA) is 119 Å². The number of rotatable bonds is 7. The van der Waals surface area contributed by atoms with Crippen LogP contribution < -0.4 is 15.6 Å². The number of imide groups is 2. The quantitative estimate of drug-likeness (QED) is 0.112. The van der Waals surface area contributed by atoms with Gasteiger partial charge in [-0.3, -0.25) is 29.5 Å². The van der Waals surface area contributed by atoms with E-state index in [9.17, 15) is 23.9 Å². The van der Waals surface area contributed by atoms with Gasteiger partial charge in [0.2, 0.25) is 11.8 Å². The van der Waals surface area contributed by atoms with Crippen LogP contribution in [-0.2, 0) is 24.6 Å². The number of carbonyl (C=O) groups excluding carboxylic acids is 4. The van der Waals surface area contributed by atoms with Gasteiger partial charge in [-0.25, -0.2) is 4.39 Å². The van der Waals surface area contributed by atoms with E-state index in [-0.39, 0.29) is 30.4 Å². The molecule has 0 aromatic heterocycles. The van der Waals surface area contributed by atoms with Crippen molar-refractivity contribution in [1.82, 2.24) is 5.01 Å². The molecule has 1 saturated carbocycles. The van der Waals surface area contributed by atoms with Gasteiger partial charge in [-0.1, -0.05) is 71.8 Å². The van der Waals surface area contributed by atoms with Gasteiger partial charge >= 0.3 is 0 Å². The Morgan fingerprint density at radius 1 is 0.750 bits per heavy atom. The van der Waals surface area contributed by atoms with Crippen molar-refractivity contribution in [1.29, 1.82) is 0 Å². The molecule has 3 fully saturated rings. The lowest BCUT2D eigenvalue weighted by molar-refractivity contribution is -0.138. The lowest BCUT2D eigenvalue weighted by atomic mass is 9.49. The number of hydrazine groups is 1. The number of amides is 4. The first kappa shape index (κ1) is 35.4. The van der Waals surface area contributed by atoms with Crippen LogP contribution in [0.15, 0.2) is 133 Å². The molecule has 11 heteroatoms. The zero-order valence-corrected chi connectivity index (χ0v) is 30.9. The Balaban J connectivity index is 1.16. The third-order valence-corrected chi connectivity index (χ3v) is 12.3. The number of allylic oxidation sites excluding steroid dienone is 2. The molecular formula is C45H36ClFN4O5. The molecule has 2 saturated heterocycles. The molecule has 2 aliphatic carbocycles. The Kier molecular flexibility index (Phi) is 8.54. The van der Waals surface area contributed by atoms with Crippen LogP contribution in [0, 0.1) is 36.4 Å². The summed E-state index contributed by atoms with van der Waals surface area (Å²) in [6.45, 7) is 1.76. The van der Waals surface area contributed by atoms with Crippen LogP contribution in [0.5, 0.6) is 5.75 Å². The molecule has 9 rings (SSSR count). The van der Waals surface area contributed by atoms with E-state index < -0.39 is 52.6 Å².